The summed E-state index contributed by atoms with van der Waals surface area (Å²) in [4.78, 5) is 26.7. The number of piperazine rings is 1. The van der Waals surface area contributed by atoms with Gasteiger partial charge in [0.2, 0.25) is 0 Å². The van der Waals surface area contributed by atoms with Crippen molar-refractivity contribution in [3.05, 3.63) is 35.8 Å². The molecule has 0 atom stereocenters. The van der Waals surface area contributed by atoms with E-state index in [1.54, 1.807) is 6.07 Å². The van der Waals surface area contributed by atoms with Crippen LogP contribution in [0.2, 0.25) is 0 Å². The van der Waals surface area contributed by atoms with Gasteiger partial charge >= 0.3 is 5.97 Å². The van der Waals surface area contributed by atoms with Crippen molar-refractivity contribution >= 4 is 22.8 Å². The summed E-state index contributed by atoms with van der Waals surface area (Å²) in [7, 11) is 0. The molecule has 37 heavy (non-hydrogen) atoms. The van der Waals surface area contributed by atoms with Crippen molar-refractivity contribution in [1.29, 1.82) is 0 Å². The van der Waals surface area contributed by atoms with E-state index < -0.39 is 5.97 Å². The van der Waals surface area contributed by atoms with Crippen molar-refractivity contribution in [2.45, 2.75) is 82.2 Å². The van der Waals surface area contributed by atoms with Crippen LogP contribution < -0.4 is 4.90 Å². The zero-order valence-corrected chi connectivity index (χ0v) is 21.5. The maximum atomic E-state index is 12.1. The Balaban J connectivity index is 1.28. The number of hydrogen-bond donors (Lipinski definition) is 1. The first-order valence-electron chi connectivity index (χ1n) is 14.3. The van der Waals surface area contributed by atoms with Crippen LogP contribution in [0.5, 0.6) is 0 Å². The van der Waals surface area contributed by atoms with E-state index in [-0.39, 0.29) is 5.69 Å². The third-order valence-corrected chi connectivity index (χ3v) is 9.08. The summed E-state index contributed by atoms with van der Waals surface area (Å²) in [5.41, 5.74) is 3.78. The van der Waals surface area contributed by atoms with Crippen molar-refractivity contribution in [1.82, 2.24) is 24.6 Å². The zero-order chi connectivity index (χ0) is 24.9. The van der Waals surface area contributed by atoms with Crippen molar-refractivity contribution in [2.75, 3.05) is 31.1 Å². The minimum Gasteiger partial charge on any atom is -0.477 e. The van der Waals surface area contributed by atoms with Gasteiger partial charge in [-0.25, -0.2) is 19.4 Å². The zero-order valence-electron chi connectivity index (χ0n) is 21.5. The first kappa shape index (κ1) is 23.1. The van der Waals surface area contributed by atoms with Crippen LogP contribution in [0.4, 0.5) is 5.82 Å². The number of nitrogens with zero attached hydrogens (tertiary/aromatic N) is 6. The molecular formula is C29H36N6O2. The Hall–Kier alpha value is -3.00. The number of aromatic nitrogens is 4. The van der Waals surface area contributed by atoms with E-state index in [0.29, 0.717) is 12.0 Å². The summed E-state index contributed by atoms with van der Waals surface area (Å²) < 4.78 is 2.08. The van der Waals surface area contributed by atoms with Gasteiger partial charge in [-0.15, -0.1) is 0 Å². The third-order valence-electron chi connectivity index (χ3n) is 9.08. The van der Waals surface area contributed by atoms with Gasteiger partial charge in [0.25, 0.3) is 0 Å². The lowest BCUT2D eigenvalue weighted by Crippen LogP contribution is -2.47. The number of pyridine rings is 2. The van der Waals surface area contributed by atoms with E-state index in [9.17, 15) is 9.90 Å². The van der Waals surface area contributed by atoms with Gasteiger partial charge in [0.05, 0.1) is 17.1 Å². The molecule has 4 aliphatic rings. The number of carbonyl (C=O) groups is 1. The Labute approximate surface area is 217 Å². The van der Waals surface area contributed by atoms with E-state index in [2.05, 4.69) is 31.6 Å². The standard InChI is InChI=1S/C29H36N6O2/c36-29(37)24-17-23(20-9-12-25(30-18-20)34-15-13-33(14-16-34)21-10-11-21)26-27(19-5-4-6-19)32-35(28(26)31-24)22-7-2-1-3-8-22/h9,12,17-19,21-22H,1-8,10-11,13-16H2,(H,36,37). The molecule has 0 amide bonds. The molecule has 8 heteroatoms. The average molecular weight is 501 g/mol. The Morgan fingerprint density at radius 3 is 2.30 bits per heavy atom. The van der Waals surface area contributed by atoms with Crippen LogP contribution in [-0.4, -0.2) is 67.9 Å². The molecule has 0 spiro atoms. The van der Waals surface area contributed by atoms with Crippen molar-refractivity contribution < 1.29 is 9.90 Å². The van der Waals surface area contributed by atoms with Gasteiger partial charge in [0.15, 0.2) is 11.3 Å². The Kier molecular flexibility index (Phi) is 5.87. The molecule has 1 saturated heterocycles. The molecule has 3 aliphatic carbocycles. The highest BCUT2D eigenvalue weighted by molar-refractivity contribution is 5.99. The largest absolute Gasteiger partial charge is 0.477 e. The lowest BCUT2D eigenvalue weighted by Gasteiger charge is -2.35. The van der Waals surface area contributed by atoms with Gasteiger partial charge in [0.1, 0.15) is 5.82 Å². The van der Waals surface area contributed by atoms with Gasteiger partial charge in [-0.3, -0.25) is 4.90 Å². The van der Waals surface area contributed by atoms with E-state index >= 15 is 0 Å². The van der Waals surface area contributed by atoms with E-state index in [1.165, 1.54) is 38.5 Å². The molecule has 1 aliphatic heterocycles. The van der Waals surface area contributed by atoms with Gasteiger partial charge in [-0.2, -0.15) is 5.10 Å². The molecule has 3 aromatic heterocycles. The topological polar surface area (TPSA) is 87.4 Å². The molecule has 1 N–H and O–H groups in total. The minimum atomic E-state index is -0.997. The minimum absolute atomic E-state index is 0.0832. The summed E-state index contributed by atoms with van der Waals surface area (Å²) in [6.45, 7) is 4.22. The summed E-state index contributed by atoms with van der Waals surface area (Å²) >= 11 is 0. The van der Waals surface area contributed by atoms with Crippen LogP contribution in [0.1, 0.15) is 92.4 Å². The second-order valence-electron chi connectivity index (χ2n) is 11.5. The first-order valence-corrected chi connectivity index (χ1v) is 14.3. The fourth-order valence-electron chi connectivity index (χ4n) is 6.54. The highest BCUT2D eigenvalue weighted by Crippen LogP contribution is 2.44. The van der Waals surface area contributed by atoms with E-state index in [0.717, 1.165) is 91.6 Å². The fraction of sp³-hybridized carbons (Fsp3) is 0.586. The second-order valence-corrected chi connectivity index (χ2v) is 11.5. The fourth-order valence-corrected chi connectivity index (χ4v) is 6.54. The monoisotopic (exact) mass is 500 g/mol. The van der Waals surface area contributed by atoms with Gasteiger partial charge in [0, 0.05) is 49.9 Å². The lowest BCUT2D eigenvalue weighted by molar-refractivity contribution is 0.0691. The second kappa shape index (κ2) is 9.39. The number of anilines is 1. The van der Waals surface area contributed by atoms with Crippen molar-refractivity contribution in [2.24, 2.45) is 0 Å². The van der Waals surface area contributed by atoms with Crippen LogP contribution in [0, 0.1) is 0 Å². The highest BCUT2D eigenvalue weighted by atomic mass is 16.4. The van der Waals surface area contributed by atoms with E-state index in [4.69, 9.17) is 10.1 Å². The van der Waals surface area contributed by atoms with Crippen LogP contribution in [0.15, 0.2) is 24.4 Å². The number of aromatic carboxylic acids is 1. The molecule has 3 aromatic rings. The van der Waals surface area contributed by atoms with Crippen molar-refractivity contribution in [3.63, 3.8) is 0 Å². The molecule has 3 saturated carbocycles. The molecule has 8 nitrogen and oxygen atoms in total. The highest BCUT2D eigenvalue weighted by Gasteiger charge is 2.33. The van der Waals surface area contributed by atoms with Crippen LogP contribution in [0.25, 0.3) is 22.2 Å². The van der Waals surface area contributed by atoms with Crippen LogP contribution in [0.3, 0.4) is 0 Å². The predicted molar refractivity (Wildman–Crippen MR) is 143 cm³/mol. The Morgan fingerprint density at radius 1 is 0.892 bits per heavy atom. The molecule has 0 radical (unpaired) electrons. The van der Waals surface area contributed by atoms with E-state index in [1.807, 2.05) is 6.20 Å². The smallest absolute Gasteiger partial charge is 0.354 e. The summed E-state index contributed by atoms with van der Waals surface area (Å²) in [5.74, 6) is 0.432. The number of fused-ring (bicyclic) bond motifs is 1. The Morgan fingerprint density at radius 2 is 1.68 bits per heavy atom. The quantitative estimate of drug-likeness (QED) is 0.495. The molecule has 4 heterocycles. The molecule has 0 bridgehead atoms. The Bertz CT molecular complexity index is 1300. The first-order chi connectivity index (χ1) is 18.2. The van der Waals surface area contributed by atoms with Gasteiger partial charge in [-0.1, -0.05) is 25.7 Å². The number of hydrogen-bond acceptors (Lipinski definition) is 6. The maximum absolute atomic E-state index is 12.1. The maximum Gasteiger partial charge on any atom is 0.354 e. The molecule has 7 rings (SSSR count). The molecule has 194 valence electrons. The lowest BCUT2D eigenvalue weighted by atomic mass is 9.81. The number of rotatable bonds is 6. The summed E-state index contributed by atoms with van der Waals surface area (Å²) in [6, 6.07) is 7.06. The van der Waals surface area contributed by atoms with Crippen molar-refractivity contribution in [3.8, 4) is 11.1 Å². The third kappa shape index (κ3) is 4.29. The van der Waals surface area contributed by atoms with Crippen LogP contribution >= 0.6 is 0 Å². The summed E-state index contributed by atoms with van der Waals surface area (Å²) in [6.07, 6.45) is 13.9. The molecule has 0 aromatic carbocycles. The average Bonchev–Trinajstić information content (AvgIpc) is 3.70. The molecular weight excluding hydrogens is 464 g/mol. The SMILES string of the molecule is O=C(O)c1cc(-c2ccc(N3CCN(C4CC4)CC3)nc2)c2c(C3CCC3)nn(C3CCCCC3)c2n1. The number of carboxylic acid groups (broad SMARTS) is 1. The van der Waals surface area contributed by atoms with Crippen LogP contribution in [-0.2, 0) is 0 Å². The normalized spacial score (nSPS) is 21.9. The van der Waals surface area contributed by atoms with Gasteiger partial charge in [-0.05, 0) is 62.3 Å². The number of carboxylic acids is 1. The van der Waals surface area contributed by atoms with Gasteiger partial charge < -0.3 is 10.0 Å². The molecule has 0 unspecified atom stereocenters. The predicted octanol–water partition coefficient (Wildman–Crippen LogP) is 5.25. The summed E-state index contributed by atoms with van der Waals surface area (Å²) in [5, 5.41) is 16.2. The molecule has 4 fully saturated rings.